The van der Waals surface area contributed by atoms with Gasteiger partial charge in [-0.25, -0.2) is 0 Å². The highest BCUT2D eigenvalue weighted by molar-refractivity contribution is 5.69. The molecular weight excluding hydrogens is 196 g/mol. The maximum absolute atomic E-state index is 10.6. The van der Waals surface area contributed by atoms with Crippen molar-refractivity contribution in [3.63, 3.8) is 0 Å². The molecule has 82 valence electrons. The summed E-state index contributed by atoms with van der Waals surface area (Å²) in [5, 5.41) is 12.9. The van der Waals surface area contributed by atoms with E-state index in [0.29, 0.717) is 13.1 Å². The average Bonchev–Trinajstić information content (AvgIpc) is 2.59. The van der Waals surface area contributed by atoms with Gasteiger partial charge in [-0.15, -0.1) is 0 Å². The minimum atomic E-state index is -0.794. The Kier molecular flexibility index (Phi) is 2.70. The number of aliphatic carboxylic acids is 1. The summed E-state index contributed by atoms with van der Waals surface area (Å²) in [4.78, 5) is 12.5. The minimum Gasteiger partial charge on any atom is -0.480 e. The normalized spacial score (nSPS) is 16.3. The second-order valence-electron chi connectivity index (χ2n) is 3.65. The fourth-order valence-electron chi connectivity index (χ4n) is 1.85. The van der Waals surface area contributed by atoms with Crippen molar-refractivity contribution in [2.45, 2.75) is 19.6 Å². The van der Waals surface area contributed by atoms with Crippen molar-refractivity contribution in [1.29, 1.82) is 0 Å². The van der Waals surface area contributed by atoms with Gasteiger partial charge < -0.3 is 10.8 Å². The van der Waals surface area contributed by atoms with Crippen LogP contribution in [-0.2, 0) is 24.4 Å². The van der Waals surface area contributed by atoms with E-state index in [1.165, 1.54) is 0 Å². The zero-order valence-electron chi connectivity index (χ0n) is 8.39. The van der Waals surface area contributed by atoms with Crippen LogP contribution in [0.15, 0.2) is 6.20 Å². The molecule has 1 aliphatic rings. The number of aromatic nitrogens is 2. The number of hydrogen-bond acceptors (Lipinski definition) is 4. The second-order valence-corrected chi connectivity index (χ2v) is 3.65. The smallest absolute Gasteiger partial charge is 0.317 e. The maximum atomic E-state index is 10.6. The molecule has 0 atom stereocenters. The summed E-state index contributed by atoms with van der Waals surface area (Å²) in [6.07, 6.45) is 1.76. The molecule has 6 nitrogen and oxygen atoms in total. The molecule has 15 heavy (non-hydrogen) atoms. The Morgan fingerprint density at radius 2 is 2.40 bits per heavy atom. The van der Waals surface area contributed by atoms with Gasteiger partial charge in [0, 0.05) is 25.2 Å². The summed E-state index contributed by atoms with van der Waals surface area (Å²) in [6.45, 7) is 2.62. The molecular formula is C9H14N4O2. The highest BCUT2D eigenvalue weighted by Gasteiger charge is 2.20. The molecule has 1 aromatic rings. The molecule has 3 N–H and O–H groups in total. The predicted octanol–water partition coefficient (Wildman–Crippen LogP) is -0.758. The number of rotatable bonds is 3. The lowest BCUT2D eigenvalue weighted by molar-refractivity contribution is -0.138. The van der Waals surface area contributed by atoms with Crippen LogP contribution in [0.4, 0.5) is 0 Å². The first kappa shape index (κ1) is 10.1. The molecule has 0 aromatic carbocycles. The van der Waals surface area contributed by atoms with Crippen LogP contribution in [0.25, 0.3) is 0 Å². The van der Waals surface area contributed by atoms with Gasteiger partial charge in [-0.2, -0.15) is 5.10 Å². The summed E-state index contributed by atoms with van der Waals surface area (Å²) >= 11 is 0. The van der Waals surface area contributed by atoms with E-state index in [9.17, 15) is 4.79 Å². The molecule has 0 saturated carbocycles. The van der Waals surface area contributed by atoms with Gasteiger partial charge >= 0.3 is 5.97 Å². The highest BCUT2D eigenvalue weighted by atomic mass is 16.4. The Bertz CT molecular complexity index is 361. The van der Waals surface area contributed by atoms with E-state index in [1.807, 2.05) is 9.58 Å². The summed E-state index contributed by atoms with van der Waals surface area (Å²) in [6, 6.07) is 0. The minimum absolute atomic E-state index is 0.0786. The Hall–Kier alpha value is -1.40. The van der Waals surface area contributed by atoms with Crippen LogP contribution in [0.3, 0.4) is 0 Å². The molecule has 0 radical (unpaired) electrons. The first-order valence-corrected chi connectivity index (χ1v) is 4.88. The summed E-state index contributed by atoms with van der Waals surface area (Å²) in [7, 11) is 0. The van der Waals surface area contributed by atoms with Crippen molar-refractivity contribution in [3.05, 3.63) is 17.5 Å². The second kappa shape index (κ2) is 4.00. The fourth-order valence-corrected chi connectivity index (χ4v) is 1.85. The van der Waals surface area contributed by atoms with Gasteiger partial charge in [0.2, 0.25) is 0 Å². The molecule has 0 aliphatic carbocycles. The number of carboxylic acid groups (broad SMARTS) is 1. The van der Waals surface area contributed by atoms with Crippen LogP contribution >= 0.6 is 0 Å². The van der Waals surface area contributed by atoms with Crippen molar-refractivity contribution < 1.29 is 9.90 Å². The van der Waals surface area contributed by atoms with Crippen LogP contribution in [0.1, 0.15) is 11.3 Å². The van der Waals surface area contributed by atoms with E-state index in [0.717, 1.165) is 24.3 Å². The topological polar surface area (TPSA) is 84.4 Å². The lowest BCUT2D eigenvalue weighted by atomic mass is 10.2. The Morgan fingerprint density at radius 3 is 3.07 bits per heavy atom. The number of hydrogen-bond donors (Lipinski definition) is 2. The van der Waals surface area contributed by atoms with Gasteiger partial charge in [0.25, 0.3) is 0 Å². The lowest BCUT2D eigenvalue weighted by Crippen LogP contribution is -2.37. The van der Waals surface area contributed by atoms with Gasteiger partial charge in [0.15, 0.2) is 0 Å². The molecule has 2 heterocycles. The number of fused-ring (bicyclic) bond motifs is 1. The predicted molar refractivity (Wildman–Crippen MR) is 53.0 cm³/mol. The van der Waals surface area contributed by atoms with Crippen molar-refractivity contribution >= 4 is 5.97 Å². The third-order valence-electron chi connectivity index (χ3n) is 2.62. The Morgan fingerprint density at radius 1 is 1.60 bits per heavy atom. The Balaban J connectivity index is 2.13. The third-order valence-corrected chi connectivity index (χ3v) is 2.62. The molecule has 6 heteroatoms. The zero-order chi connectivity index (χ0) is 10.8. The van der Waals surface area contributed by atoms with Crippen molar-refractivity contribution in [1.82, 2.24) is 14.7 Å². The average molecular weight is 210 g/mol. The standard InChI is InChI=1S/C9H14N4O2/c10-3-7-4-11-13-2-1-12(5-8(7)13)6-9(14)15/h4H,1-3,5-6,10H2,(H,14,15). The lowest BCUT2D eigenvalue weighted by Gasteiger charge is -2.26. The monoisotopic (exact) mass is 210 g/mol. The van der Waals surface area contributed by atoms with E-state index in [4.69, 9.17) is 10.8 Å². The molecule has 0 unspecified atom stereocenters. The summed E-state index contributed by atoms with van der Waals surface area (Å²) in [5.41, 5.74) is 7.63. The SMILES string of the molecule is NCc1cnn2c1CN(CC(=O)O)CC2. The molecule has 1 aliphatic heterocycles. The van der Waals surface area contributed by atoms with E-state index < -0.39 is 5.97 Å². The van der Waals surface area contributed by atoms with Crippen LogP contribution in [0.2, 0.25) is 0 Å². The van der Waals surface area contributed by atoms with Gasteiger partial charge in [0.1, 0.15) is 0 Å². The molecule has 0 amide bonds. The van der Waals surface area contributed by atoms with Gasteiger partial charge in [0.05, 0.1) is 25.0 Å². The third kappa shape index (κ3) is 2.00. The molecule has 1 aromatic heterocycles. The largest absolute Gasteiger partial charge is 0.480 e. The van der Waals surface area contributed by atoms with E-state index in [-0.39, 0.29) is 6.54 Å². The maximum Gasteiger partial charge on any atom is 0.317 e. The van der Waals surface area contributed by atoms with Crippen molar-refractivity contribution in [3.8, 4) is 0 Å². The first-order chi connectivity index (χ1) is 7.20. The van der Waals surface area contributed by atoms with E-state index in [1.54, 1.807) is 6.20 Å². The van der Waals surface area contributed by atoms with Crippen molar-refractivity contribution in [2.24, 2.45) is 5.73 Å². The van der Waals surface area contributed by atoms with Gasteiger partial charge in [-0.05, 0) is 0 Å². The molecule has 2 rings (SSSR count). The van der Waals surface area contributed by atoms with Crippen LogP contribution in [0, 0.1) is 0 Å². The highest BCUT2D eigenvalue weighted by Crippen LogP contribution is 2.15. The van der Waals surface area contributed by atoms with Gasteiger partial charge in [-0.1, -0.05) is 0 Å². The quantitative estimate of drug-likeness (QED) is 0.685. The van der Waals surface area contributed by atoms with E-state index >= 15 is 0 Å². The zero-order valence-corrected chi connectivity index (χ0v) is 8.39. The number of nitrogens with two attached hydrogens (primary N) is 1. The molecule has 0 fully saturated rings. The van der Waals surface area contributed by atoms with Crippen LogP contribution in [0.5, 0.6) is 0 Å². The van der Waals surface area contributed by atoms with Crippen LogP contribution < -0.4 is 5.73 Å². The number of carbonyl (C=O) groups is 1. The van der Waals surface area contributed by atoms with Gasteiger partial charge in [-0.3, -0.25) is 14.4 Å². The van der Waals surface area contributed by atoms with Crippen LogP contribution in [-0.4, -0.2) is 38.8 Å². The summed E-state index contributed by atoms with van der Waals surface area (Å²) in [5.74, 6) is -0.794. The summed E-state index contributed by atoms with van der Waals surface area (Å²) < 4.78 is 1.90. The molecule has 0 saturated heterocycles. The molecule has 0 spiro atoms. The van der Waals surface area contributed by atoms with E-state index in [2.05, 4.69) is 5.10 Å². The van der Waals surface area contributed by atoms with Crippen molar-refractivity contribution in [2.75, 3.05) is 13.1 Å². The Labute approximate surface area is 87.3 Å². The first-order valence-electron chi connectivity index (χ1n) is 4.88. The fraction of sp³-hybridized carbons (Fsp3) is 0.556. The number of carboxylic acids is 1. The molecule has 0 bridgehead atoms. The number of nitrogens with zero attached hydrogens (tertiary/aromatic N) is 3.